The number of aromatic hydroxyl groups is 1. The Bertz CT molecular complexity index is 659. The maximum atomic E-state index is 11.9. The number of aryl methyl sites for hydroxylation is 1. The van der Waals surface area contributed by atoms with E-state index in [4.69, 9.17) is 9.52 Å². The van der Waals surface area contributed by atoms with Crippen LogP contribution in [-0.4, -0.2) is 22.1 Å². The molecular formula is C14H13NO5. The highest BCUT2D eigenvalue weighted by Gasteiger charge is 2.11. The standard InChI is InChI=1S/C14H13NO5/c1-8-6-9(2-4-11(8)16)13(17)15-7-10-3-5-12(20-10)14(18)19/h2-6,16H,7H2,1H3,(H,15,17)(H,18,19). The van der Waals surface area contributed by atoms with E-state index in [0.717, 1.165) is 0 Å². The fourth-order valence-electron chi connectivity index (χ4n) is 1.65. The summed E-state index contributed by atoms with van der Waals surface area (Å²) in [6.45, 7) is 1.78. The molecule has 0 atom stereocenters. The molecule has 0 aliphatic rings. The average molecular weight is 275 g/mol. The maximum Gasteiger partial charge on any atom is 0.371 e. The highest BCUT2D eigenvalue weighted by atomic mass is 16.4. The summed E-state index contributed by atoms with van der Waals surface area (Å²) in [6, 6.07) is 7.33. The third-order valence-corrected chi connectivity index (χ3v) is 2.75. The lowest BCUT2D eigenvalue weighted by Crippen LogP contribution is -2.22. The Morgan fingerprint density at radius 2 is 2.00 bits per heavy atom. The highest BCUT2D eigenvalue weighted by Crippen LogP contribution is 2.17. The normalized spacial score (nSPS) is 10.2. The van der Waals surface area contributed by atoms with Crippen LogP contribution in [-0.2, 0) is 6.54 Å². The van der Waals surface area contributed by atoms with Gasteiger partial charge >= 0.3 is 5.97 Å². The van der Waals surface area contributed by atoms with Gasteiger partial charge in [0.25, 0.3) is 5.91 Å². The van der Waals surface area contributed by atoms with Crippen molar-refractivity contribution in [1.82, 2.24) is 5.32 Å². The van der Waals surface area contributed by atoms with E-state index in [9.17, 15) is 14.7 Å². The smallest absolute Gasteiger partial charge is 0.371 e. The van der Waals surface area contributed by atoms with E-state index in [1.165, 1.54) is 24.3 Å². The molecule has 1 aromatic carbocycles. The second-order valence-electron chi connectivity index (χ2n) is 4.26. The molecule has 3 N–H and O–H groups in total. The van der Waals surface area contributed by atoms with E-state index in [2.05, 4.69) is 5.32 Å². The number of carbonyl (C=O) groups excluding carboxylic acids is 1. The Kier molecular flexibility index (Phi) is 3.74. The Morgan fingerprint density at radius 3 is 2.60 bits per heavy atom. The molecule has 0 aliphatic carbocycles. The van der Waals surface area contributed by atoms with Crippen LogP contribution in [0.25, 0.3) is 0 Å². The maximum absolute atomic E-state index is 11.9. The number of amides is 1. The first kappa shape index (κ1) is 13.7. The van der Waals surface area contributed by atoms with Gasteiger partial charge in [0.1, 0.15) is 11.5 Å². The second-order valence-corrected chi connectivity index (χ2v) is 4.26. The molecule has 0 saturated carbocycles. The number of benzene rings is 1. The van der Waals surface area contributed by atoms with Crippen molar-refractivity contribution < 1.29 is 24.2 Å². The van der Waals surface area contributed by atoms with Crippen molar-refractivity contribution in [3.8, 4) is 5.75 Å². The predicted molar refractivity (Wildman–Crippen MR) is 69.7 cm³/mol. The largest absolute Gasteiger partial charge is 0.508 e. The van der Waals surface area contributed by atoms with Gasteiger partial charge < -0.3 is 19.9 Å². The molecule has 2 aromatic rings. The summed E-state index contributed by atoms with van der Waals surface area (Å²) in [5.41, 5.74) is 1.01. The topological polar surface area (TPSA) is 99.8 Å². The summed E-state index contributed by atoms with van der Waals surface area (Å²) in [6.07, 6.45) is 0. The van der Waals surface area contributed by atoms with Crippen LogP contribution in [0.2, 0.25) is 0 Å². The number of carboxylic acids is 1. The molecule has 0 fully saturated rings. The number of hydrogen-bond acceptors (Lipinski definition) is 4. The van der Waals surface area contributed by atoms with Gasteiger partial charge in [-0.1, -0.05) is 0 Å². The number of nitrogens with one attached hydrogen (secondary N) is 1. The summed E-state index contributed by atoms with van der Waals surface area (Å²) in [5.74, 6) is -1.18. The number of phenols is 1. The minimum absolute atomic E-state index is 0.0893. The first-order chi connectivity index (χ1) is 9.47. The minimum atomic E-state index is -1.16. The van der Waals surface area contributed by atoms with Crippen LogP contribution in [0.5, 0.6) is 5.75 Å². The number of furan rings is 1. The van der Waals surface area contributed by atoms with E-state index in [1.807, 2.05) is 0 Å². The SMILES string of the molecule is Cc1cc(C(=O)NCc2ccc(C(=O)O)o2)ccc1O. The molecular weight excluding hydrogens is 262 g/mol. The van der Waals surface area contributed by atoms with Crippen molar-refractivity contribution in [2.45, 2.75) is 13.5 Å². The minimum Gasteiger partial charge on any atom is -0.508 e. The summed E-state index contributed by atoms with van der Waals surface area (Å²) >= 11 is 0. The number of phenolic OH excluding ortho intramolecular Hbond substituents is 1. The second kappa shape index (κ2) is 5.48. The zero-order valence-corrected chi connectivity index (χ0v) is 10.7. The first-order valence-corrected chi connectivity index (χ1v) is 5.87. The van der Waals surface area contributed by atoms with Crippen LogP contribution in [0, 0.1) is 6.92 Å². The van der Waals surface area contributed by atoms with Crippen molar-refractivity contribution in [1.29, 1.82) is 0 Å². The van der Waals surface area contributed by atoms with Gasteiger partial charge in [0.15, 0.2) is 0 Å². The van der Waals surface area contributed by atoms with E-state index < -0.39 is 5.97 Å². The third-order valence-electron chi connectivity index (χ3n) is 2.75. The van der Waals surface area contributed by atoms with Crippen molar-refractivity contribution in [2.75, 3.05) is 0 Å². The van der Waals surface area contributed by atoms with Crippen LogP contribution >= 0.6 is 0 Å². The van der Waals surface area contributed by atoms with Gasteiger partial charge in [0.05, 0.1) is 6.54 Å². The first-order valence-electron chi connectivity index (χ1n) is 5.87. The summed E-state index contributed by atoms with van der Waals surface area (Å²) in [4.78, 5) is 22.5. The highest BCUT2D eigenvalue weighted by molar-refractivity contribution is 5.94. The molecule has 0 bridgehead atoms. The predicted octanol–water partition coefficient (Wildman–Crippen LogP) is 1.92. The Morgan fingerprint density at radius 1 is 1.25 bits per heavy atom. The third kappa shape index (κ3) is 2.97. The van der Waals surface area contributed by atoms with E-state index in [1.54, 1.807) is 13.0 Å². The van der Waals surface area contributed by atoms with Crippen LogP contribution in [0.15, 0.2) is 34.7 Å². The Labute approximate surface area is 114 Å². The Hall–Kier alpha value is -2.76. The monoisotopic (exact) mass is 275 g/mol. The molecule has 6 heteroatoms. The van der Waals surface area contributed by atoms with Gasteiger partial charge in [-0.05, 0) is 42.8 Å². The van der Waals surface area contributed by atoms with Crippen LogP contribution < -0.4 is 5.32 Å². The molecule has 0 radical (unpaired) electrons. The van der Waals surface area contributed by atoms with Crippen LogP contribution in [0.4, 0.5) is 0 Å². The number of rotatable bonds is 4. The number of carboxylic acid groups (broad SMARTS) is 1. The van der Waals surface area contributed by atoms with Crippen molar-refractivity contribution in [2.24, 2.45) is 0 Å². The average Bonchev–Trinajstić information content (AvgIpc) is 2.88. The van der Waals surface area contributed by atoms with Gasteiger partial charge in [0.2, 0.25) is 5.76 Å². The number of carbonyl (C=O) groups is 2. The molecule has 20 heavy (non-hydrogen) atoms. The van der Waals surface area contributed by atoms with E-state index in [0.29, 0.717) is 16.9 Å². The molecule has 2 rings (SSSR count). The quantitative estimate of drug-likeness (QED) is 0.791. The van der Waals surface area contributed by atoms with Gasteiger partial charge in [-0.15, -0.1) is 0 Å². The summed E-state index contributed by atoms with van der Waals surface area (Å²) in [7, 11) is 0. The molecule has 0 unspecified atom stereocenters. The Balaban J connectivity index is 2.00. The molecule has 1 amide bonds. The van der Waals surface area contributed by atoms with E-state index in [-0.39, 0.29) is 24.0 Å². The molecule has 0 spiro atoms. The fraction of sp³-hybridized carbons (Fsp3) is 0.143. The molecule has 0 aliphatic heterocycles. The molecule has 0 saturated heterocycles. The lowest BCUT2D eigenvalue weighted by Gasteiger charge is -2.05. The van der Waals surface area contributed by atoms with Gasteiger partial charge in [-0.25, -0.2) is 4.79 Å². The molecule has 6 nitrogen and oxygen atoms in total. The summed E-state index contributed by atoms with van der Waals surface area (Å²) < 4.78 is 5.02. The number of hydrogen-bond donors (Lipinski definition) is 3. The van der Waals surface area contributed by atoms with Gasteiger partial charge in [-0.3, -0.25) is 4.79 Å². The van der Waals surface area contributed by atoms with Gasteiger partial charge in [0, 0.05) is 5.56 Å². The van der Waals surface area contributed by atoms with Crippen molar-refractivity contribution in [3.63, 3.8) is 0 Å². The van der Waals surface area contributed by atoms with Crippen LogP contribution in [0.1, 0.15) is 32.2 Å². The van der Waals surface area contributed by atoms with Crippen LogP contribution in [0.3, 0.4) is 0 Å². The van der Waals surface area contributed by atoms with Crippen molar-refractivity contribution >= 4 is 11.9 Å². The van der Waals surface area contributed by atoms with Gasteiger partial charge in [-0.2, -0.15) is 0 Å². The summed E-state index contributed by atoms with van der Waals surface area (Å²) in [5, 5.41) is 20.7. The lowest BCUT2D eigenvalue weighted by atomic mass is 10.1. The molecule has 104 valence electrons. The van der Waals surface area contributed by atoms with Crippen molar-refractivity contribution in [3.05, 3.63) is 53.0 Å². The zero-order valence-electron chi connectivity index (χ0n) is 10.7. The fourth-order valence-corrected chi connectivity index (χ4v) is 1.65. The molecule has 1 aromatic heterocycles. The number of aromatic carboxylic acids is 1. The zero-order chi connectivity index (χ0) is 14.7. The lowest BCUT2D eigenvalue weighted by molar-refractivity contribution is 0.0660. The van der Waals surface area contributed by atoms with E-state index >= 15 is 0 Å². The molecule has 1 heterocycles.